The van der Waals surface area contributed by atoms with Crippen LogP contribution in [0.3, 0.4) is 0 Å². The van der Waals surface area contributed by atoms with Crippen LogP contribution in [0.1, 0.15) is 12.8 Å². The molecule has 0 saturated carbocycles. The number of hydrogen-bond donors (Lipinski definition) is 0. The van der Waals surface area contributed by atoms with Crippen LogP contribution in [-0.4, -0.2) is 24.0 Å². The molecule has 0 aliphatic heterocycles. The van der Waals surface area contributed by atoms with Gasteiger partial charge >= 0.3 is 12.4 Å². The molecule has 0 aromatic rings. The van der Waals surface area contributed by atoms with E-state index in [9.17, 15) is 40.6 Å². The zero-order valence-corrected chi connectivity index (χ0v) is 6.88. The van der Waals surface area contributed by atoms with E-state index < -0.39 is 36.8 Å². The Kier molecular flexibility index (Phi) is 3.59. The van der Waals surface area contributed by atoms with Crippen molar-refractivity contribution in [2.24, 2.45) is 0 Å². The third kappa shape index (κ3) is 2.96. The second-order valence-electron chi connectivity index (χ2n) is 2.67. The number of carboxylic acid groups (broad SMARTS) is 1. The smallest absolute Gasteiger partial charge is 0.431 e. The average molecular weight is 241 g/mol. The molecule has 0 amide bonds. The van der Waals surface area contributed by atoms with Crippen molar-refractivity contribution in [3.8, 4) is 0 Å². The predicted molar refractivity (Wildman–Crippen MR) is 30.2 cm³/mol. The number of hydrogen-bond acceptors (Lipinski definition) is 2. The lowest BCUT2D eigenvalue weighted by molar-refractivity contribution is -0.346. The fourth-order valence-corrected chi connectivity index (χ4v) is 0.718. The van der Waals surface area contributed by atoms with Crippen LogP contribution in [0, 0.1) is 0 Å². The van der Waals surface area contributed by atoms with Gasteiger partial charge in [-0.3, -0.25) is 0 Å². The Bertz CT molecular complexity index is 227. The van der Waals surface area contributed by atoms with Crippen molar-refractivity contribution < 1.29 is 40.6 Å². The molecule has 90 valence electrons. The molecule has 0 heterocycles. The number of carbonyl (C=O) groups is 1. The first-order valence-corrected chi connectivity index (χ1v) is 3.44. The predicted octanol–water partition coefficient (Wildman–Crippen LogP) is 1.35. The highest BCUT2D eigenvalue weighted by molar-refractivity contribution is 5.64. The summed E-state index contributed by atoms with van der Waals surface area (Å²) in [6.07, 6.45) is -16.3. The van der Waals surface area contributed by atoms with Gasteiger partial charge in [0.15, 0.2) is 0 Å². The van der Waals surface area contributed by atoms with Gasteiger partial charge in [0.1, 0.15) is 0 Å². The quantitative estimate of drug-likeness (QED) is 0.699. The summed E-state index contributed by atoms with van der Waals surface area (Å²) in [5.41, 5.74) is -5.51. The maximum atomic E-state index is 12.6. The maximum Gasteiger partial charge on any atom is 0.431 e. The van der Waals surface area contributed by atoms with Crippen LogP contribution in [0.2, 0.25) is 0 Å². The van der Waals surface area contributed by atoms with Crippen molar-refractivity contribution in [2.45, 2.75) is 30.9 Å². The summed E-state index contributed by atoms with van der Waals surface area (Å²) in [5, 5.41) is 9.69. The third-order valence-electron chi connectivity index (χ3n) is 1.57. The van der Waals surface area contributed by atoms with Crippen LogP contribution in [-0.2, 0) is 4.79 Å². The Morgan fingerprint density at radius 2 is 1.27 bits per heavy atom. The standard InChI is InChI=1S/C6H5F7O2/c7-4(5(8,9)10,6(11,12)13)2-1-3(14)15/h1-2H2,(H,14,15)/p-1. The molecule has 0 radical (unpaired) electrons. The summed E-state index contributed by atoms with van der Waals surface area (Å²) in [4.78, 5) is 9.69. The molecule has 0 fully saturated rings. The largest absolute Gasteiger partial charge is 0.550 e. The summed E-state index contributed by atoms with van der Waals surface area (Å²) >= 11 is 0. The average Bonchev–Trinajstić information content (AvgIpc) is 1.95. The highest BCUT2D eigenvalue weighted by atomic mass is 19.4. The van der Waals surface area contributed by atoms with Crippen molar-refractivity contribution in [1.82, 2.24) is 0 Å². The first-order valence-electron chi connectivity index (χ1n) is 3.44. The normalized spacial score (nSPS) is 14.1. The van der Waals surface area contributed by atoms with Crippen molar-refractivity contribution in [3.63, 3.8) is 0 Å². The van der Waals surface area contributed by atoms with E-state index in [2.05, 4.69) is 0 Å². The molecule has 9 heteroatoms. The highest BCUT2D eigenvalue weighted by Gasteiger charge is 2.71. The van der Waals surface area contributed by atoms with Crippen LogP contribution in [0.5, 0.6) is 0 Å². The number of alkyl halides is 7. The molecule has 0 saturated heterocycles. The highest BCUT2D eigenvalue weighted by Crippen LogP contribution is 2.48. The lowest BCUT2D eigenvalue weighted by Crippen LogP contribution is -2.53. The lowest BCUT2D eigenvalue weighted by atomic mass is 9.98. The zero-order valence-electron chi connectivity index (χ0n) is 6.88. The molecule has 0 unspecified atom stereocenters. The van der Waals surface area contributed by atoms with E-state index >= 15 is 0 Å². The number of halogens is 7. The van der Waals surface area contributed by atoms with Crippen molar-refractivity contribution in [1.29, 1.82) is 0 Å². The third-order valence-corrected chi connectivity index (χ3v) is 1.57. The second-order valence-corrected chi connectivity index (χ2v) is 2.67. The molecule has 0 N–H and O–H groups in total. The Morgan fingerprint density at radius 1 is 0.933 bits per heavy atom. The molecule has 0 rings (SSSR count). The number of carbonyl (C=O) groups excluding carboxylic acids is 1. The molecule has 0 aromatic carbocycles. The van der Waals surface area contributed by atoms with Crippen LogP contribution < -0.4 is 5.11 Å². The Balaban J connectivity index is 4.98. The molecular formula is C6H4F7O2-. The maximum absolute atomic E-state index is 12.6. The number of carboxylic acids is 1. The topological polar surface area (TPSA) is 40.1 Å². The summed E-state index contributed by atoms with van der Waals surface area (Å²) in [7, 11) is 0. The first-order chi connectivity index (χ1) is 6.42. The zero-order chi connectivity index (χ0) is 12.5. The summed E-state index contributed by atoms with van der Waals surface area (Å²) in [6, 6.07) is 0. The van der Waals surface area contributed by atoms with Gasteiger partial charge in [0.25, 0.3) is 5.67 Å². The van der Waals surface area contributed by atoms with E-state index in [0.717, 1.165) is 0 Å². The van der Waals surface area contributed by atoms with Gasteiger partial charge in [0.05, 0.1) is 0 Å². The van der Waals surface area contributed by atoms with Gasteiger partial charge in [0, 0.05) is 12.4 Å². The van der Waals surface area contributed by atoms with Crippen LogP contribution in [0.15, 0.2) is 0 Å². The molecule has 0 bridgehead atoms. The van der Waals surface area contributed by atoms with E-state index in [-0.39, 0.29) is 0 Å². The van der Waals surface area contributed by atoms with Crippen molar-refractivity contribution >= 4 is 5.97 Å². The molecule has 0 aliphatic carbocycles. The van der Waals surface area contributed by atoms with Gasteiger partial charge in [0.2, 0.25) is 0 Å². The minimum atomic E-state index is -6.21. The molecule has 0 atom stereocenters. The minimum Gasteiger partial charge on any atom is -0.550 e. The summed E-state index contributed by atoms with van der Waals surface area (Å²) in [6.45, 7) is 0. The lowest BCUT2D eigenvalue weighted by Gasteiger charge is -2.29. The molecule has 0 aliphatic rings. The summed E-state index contributed by atoms with van der Waals surface area (Å²) < 4.78 is 83.1. The Hall–Kier alpha value is -1.02. The van der Waals surface area contributed by atoms with Gasteiger partial charge < -0.3 is 9.90 Å². The molecule has 0 aromatic heterocycles. The summed E-state index contributed by atoms with van der Waals surface area (Å²) in [5.74, 6) is -2.19. The number of rotatable bonds is 3. The number of aliphatic carboxylic acids is 1. The van der Waals surface area contributed by atoms with E-state index in [1.807, 2.05) is 0 Å². The molecular weight excluding hydrogens is 237 g/mol. The second kappa shape index (κ2) is 3.86. The monoisotopic (exact) mass is 241 g/mol. The fraction of sp³-hybridized carbons (Fsp3) is 0.833. The molecule has 2 nitrogen and oxygen atoms in total. The van der Waals surface area contributed by atoms with Gasteiger partial charge in [-0.25, -0.2) is 4.39 Å². The fourth-order valence-electron chi connectivity index (χ4n) is 0.718. The van der Waals surface area contributed by atoms with E-state index in [4.69, 9.17) is 0 Å². The van der Waals surface area contributed by atoms with E-state index in [1.165, 1.54) is 0 Å². The van der Waals surface area contributed by atoms with Gasteiger partial charge in [-0.15, -0.1) is 0 Å². The van der Waals surface area contributed by atoms with Crippen LogP contribution >= 0.6 is 0 Å². The van der Waals surface area contributed by atoms with E-state index in [0.29, 0.717) is 0 Å². The van der Waals surface area contributed by atoms with Gasteiger partial charge in [-0.05, 0) is 6.42 Å². The van der Waals surface area contributed by atoms with Crippen molar-refractivity contribution in [2.75, 3.05) is 0 Å². The SMILES string of the molecule is O=C([O-])CCC(F)(C(F)(F)F)C(F)(F)F. The molecule has 15 heavy (non-hydrogen) atoms. The van der Waals surface area contributed by atoms with Gasteiger partial charge in [-0.2, -0.15) is 26.3 Å². The van der Waals surface area contributed by atoms with Crippen LogP contribution in [0.4, 0.5) is 30.7 Å². The Morgan fingerprint density at radius 3 is 1.47 bits per heavy atom. The van der Waals surface area contributed by atoms with Crippen LogP contribution in [0.25, 0.3) is 0 Å². The first kappa shape index (κ1) is 14.0. The Labute approximate surface area is 78.7 Å². The van der Waals surface area contributed by atoms with Gasteiger partial charge in [-0.1, -0.05) is 0 Å². The minimum absolute atomic E-state index is 1.67. The van der Waals surface area contributed by atoms with Crippen molar-refractivity contribution in [3.05, 3.63) is 0 Å². The van der Waals surface area contributed by atoms with E-state index in [1.54, 1.807) is 0 Å². The molecule has 0 spiro atoms.